The van der Waals surface area contributed by atoms with Crippen LogP contribution >= 0.6 is 0 Å². The van der Waals surface area contributed by atoms with Crippen molar-refractivity contribution in [1.29, 1.82) is 0 Å². The molecule has 0 bridgehead atoms. The van der Waals surface area contributed by atoms with E-state index in [1.165, 1.54) is 5.69 Å². The Morgan fingerprint density at radius 3 is 1.28 bits per heavy atom. The normalized spacial score (nSPS) is 9.52. The third-order valence-corrected chi connectivity index (χ3v) is 3.78. The van der Waals surface area contributed by atoms with Crippen LogP contribution in [0.2, 0.25) is 0 Å². The van der Waals surface area contributed by atoms with Gasteiger partial charge in [0.05, 0.1) is 11.4 Å². The highest BCUT2D eigenvalue weighted by molar-refractivity contribution is 5.51. The molecule has 25 heavy (non-hydrogen) atoms. The van der Waals surface area contributed by atoms with Gasteiger partial charge in [-0.3, -0.25) is 0 Å². The van der Waals surface area contributed by atoms with Gasteiger partial charge >= 0.3 is 0 Å². The summed E-state index contributed by atoms with van der Waals surface area (Å²) >= 11 is 0. The van der Waals surface area contributed by atoms with E-state index in [2.05, 4.69) is 53.9 Å². The van der Waals surface area contributed by atoms with Crippen molar-refractivity contribution in [2.24, 2.45) is 0 Å². The van der Waals surface area contributed by atoms with Crippen LogP contribution in [0.15, 0.2) is 91.0 Å². The number of para-hydroxylation sites is 3. The molecule has 3 aromatic carbocycles. The van der Waals surface area contributed by atoms with Gasteiger partial charge in [0.25, 0.3) is 0 Å². The minimum Gasteiger partial charge on any atom is -0.372 e. The molecule has 0 aliphatic rings. The number of anilines is 3. The second kappa shape index (κ2) is 10.8. The summed E-state index contributed by atoms with van der Waals surface area (Å²) in [7, 11) is 0. The summed E-state index contributed by atoms with van der Waals surface area (Å²) in [4.78, 5) is 2.33. The zero-order valence-electron chi connectivity index (χ0n) is 15.0. The van der Waals surface area contributed by atoms with E-state index < -0.39 is 0 Å². The zero-order valence-corrected chi connectivity index (χ0v) is 15.0. The monoisotopic (exact) mass is 333 g/mol. The molecule has 0 aliphatic heterocycles. The maximum absolute atomic E-state index is 3.11. The lowest BCUT2D eigenvalue weighted by Crippen LogP contribution is -2.21. The summed E-state index contributed by atoms with van der Waals surface area (Å²) in [6, 6.07) is 30.5. The quantitative estimate of drug-likeness (QED) is 0.570. The minimum atomic E-state index is 1.05. The maximum atomic E-state index is 3.11. The molecule has 0 aliphatic carbocycles. The molecule has 3 aromatic rings. The van der Waals surface area contributed by atoms with Gasteiger partial charge in [0.1, 0.15) is 0 Å². The summed E-state index contributed by atoms with van der Waals surface area (Å²) in [6.07, 6.45) is 0. The number of hydrazine groups is 1. The highest BCUT2D eigenvalue weighted by Crippen LogP contribution is 2.11. The lowest BCUT2D eigenvalue weighted by molar-refractivity contribution is 0.866. The summed E-state index contributed by atoms with van der Waals surface area (Å²) in [6.45, 7) is 6.52. The molecule has 0 heterocycles. The third-order valence-electron chi connectivity index (χ3n) is 3.78. The first-order valence-electron chi connectivity index (χ1n) is 8.75. The molecule has 0 fully saturated rings. The highest BCUT2D eigenvalue weighted by atomic mass is 15.4. The second-order valence-corrected chi connectivity index (χ2v) is 5.49. The Morgan fingerprint density at radius 2 is 0.920 bits per heavy atom. The van der Waals surface area contributed by atoms with Crippen LogP contribution in [0.3, 0.4) is 0 Å². The van der Waals surface area contributed by atoms with E-state index in [0.717, 1.165) is 24.5 Å². The molecule has 3 heteroatoms. The largest absolute Gasteiger partial charge is 0.372 e. The first-order chi connectivity index (χ1) is 12.3. The van der Waals surface area contributed by atoms with Crippen molar-refractivity contribution >= 4 is 17.1 Å². The molecular formula is C22H27N3. The van der Waals surface area contributed by atoms with Gasteiger partial charge in [-0.25, -0.2) is 0 Å². The molecule has 0 saturated carbocycles. The molecule has 0 saturated heterocycles. The zero-order chi connectivity index (χ0) is 17.7. The van der Waals surface area contributed by atoms with Crippen molar-refractivity contribution in [3.8, 4) is 0 Å². The Bertz CT molecular complexity index is 641. The fourth-order valence-corrected chi connectivity index (χ4v) is 2.41. The SMILES string of the molecule is CCN(CC)c1ccccc1.c1ccc(NNc2ccccc2)cc1. The topological polar surface area (TPSA) is 27.3 Å². The van der Waals surface area contributed by atoms with Gasteiger partial charge in [0, 0.05) is 18.8 Å². The van der Waals surface area contributed by atoms with Gasteiger partial charge in [0.2, 0.25) is 0 Å². The standard InChI is InChI=1S/C12H12N2.C10H15N/c1-3-7-11(8-4-1)13-14-12-9-5-2-6-10-12;1-3-11(4-2)10-8-6-5-7-9-10/h1-10,13-14H;5-9H,3-4H2,1-2H3. The number of nitrogens with one attached hydrogen (secondary N) is 2. The molecule has 0 aromatic heterocycles. The van der Waals surface area contributed by atoms with E-state index in [1.807, 2.05) is 66.7 Å². The van der Waals surface area contributed by atoms with Crippen molar-refractivity contribution in [1.82, 2.24) is 0 Å². The fraction of sp³-hybridized carbons (Fsp3) is 0.182. The first-order valence-corrected chi connectivity index (χ1v) is 8.75. The van der Waals surface area contributed by atoms with Crippen LogP contribution in [0, 0.1) is 0 Å². The van der Waals surface area contributed by atoms with Gasteiger partial charge in [-0.15, -0.1) is 0 Å². The molecular weight excluding hydrogens is 306 g/mol. The van der Waals surface area contributed by atoms with Crippen LogP contribution in [-0.4, -0.2) is 13.1 Å². The Balaban J connectivity index is 0.000000186. The van der Waals surface area contributed by atoms with E-state index in [-0.39, 0.29) is 0 Å². The van der Waals surface area contributed by atoms with Gasteiger partial charge in [-0.05, 0) is 50.2 Å². The number of rotatable bonds is 6. The van der Waals surface area contributed by atoms with Crippen molar-refractivity contribution in [3.63, 3.8) is 0 Å². The summed E-state index contributed by atoms with van der Waals surface area (Å²) < 4.78 is 0. The molecule has 3 rings (SSSR count). The summed E-state index contributed by atoms with van der Waals surface area (Å²) in [5, 5.41) is 0. The average molecular weight is 333 g/mol. The number of hydrogen-bond donors (Lipinski definition) is 2. The van der Waals surface area contributed by atoms with Crippen molar-refractivity contribution in [2.75, 3.05) is 28.8 Å². The Labute approximate surface area is 151 Å². The fourth-order valence-electron chi connectivity index (χ4n) is 2.41. The van der Waals surface area contributed by atoms with Gasteiger partial charge < -0.3 is 15.8 Å². The van der Waals surface area contributed by atoms with Crippen molar-refractivity contribution in [3.05, 3.63) is 91.0 Å². The molecule has 0 spiro atoms. The lowest BCUT2D eigenvalue weighted by Gasteiger charge is -2.20. The third kappa shape index (κ3) is 6.60. The second-order valence-electron chi connectivity index (χ2n) is 5.49. The van der Waals surface area contributed by atoms with E-state index in [1.54, 1.807) is 0 Å². The predicted octanol–water partition coefficient (Wildman–Crippen LogP) is 5.66. The molecule has 3 nitrogen and oxygen atoms in total. The van der Waals surface area contributed by atoms with Gasteiger partial charge in [-0.2, -0.15) is 0 Å². The van der Waals surface area contributed by atoms with Crippen LogP contribution in [0.5, 0.6) is 0 Å². The average Bonchev–Trinajstić information content (AvgIpc) is 2.70. The van der Waals surface area contributed by atoms with Crippen LogP contribution in [0.1, 0.15) is 13.8 Å². The number of hydrogen-bond acceptors (Lipinski definition) is 3. The molecule has 0 atom stereocenters. The Hall–Kier alpha value is -2.94. The van der Waals surface area contributed by atoms with Crippen molar-refractivity contribution in [2.45, 2.75) is 13.8 Å². The van der Waals surface area contributed by atoms with Gasteiger partial charge in [0.15, 0.2) is 0 Å². The molecule has 130 valence electrons. The van der Waals surface area contributed by atoms with Crippen molar-refractivity contribution < 1.29 is 0 Å². The molecule has 0 amide bonds. The maximum Gasteiger partial charge on any atom is 0.0539 e. The van der Waals surface area contributed by atoms with Crippen LogP contribution in [0.25, 0.3) is 0 Å². The minimum absolute atomic E-state index is 1.05. The van der Waals surface area contributed by atoms with E-state index >= 15 is 0 Å². The molecule has 0 radical (unpaired) electrons. The molecule has 0 unspecified atom stereocenters. The Kier molecular flexibility index (Phi) is 7.92. The summed E-state index contributed by atoms with van der Waals surface area (Å²) in [5.41, 5.74) is 9.64. The van der Waals surface area contributed by atoms with Crippen LogP contribution in [-0.2, 0) is 0 Å². The molecule has 2 N–H and O–H groups in total. The smallest absolute Gasteiger partial charge is 0.0539 e. The number of nitrogens with zero attached hydrogens (tertiary/aromatic N) is 1. The van der Waals surface area contributed by atoms with Gasteiger partial charge in [-0.1, -0.05) is 54.6 Å². The Morgan fingerprint density at radius 1 is 0.560 bits per heavy atom. The number of benzene rings is 3. The summed E-state index contributed by atoms with van der Waals surface area (Å²) in [5.74, 6) is 0. The first kappa shape index (κ1) is 18.4. The van der Waals surface area contributed by atoms with E-state index in [9.17, 15) is 0 Å². The van der Waals surface area contributed by atoms with Crippen LogP contribution in [0.4, 0.5) is 17.1 Å². The van der Waals surface area contributed by atoms with Crippen LogP contribution < -0.4 is 15.8 Å². The highest BCUT2D eigenvalue weighted by Gasteiger charge is 1.97. The predicted molar refractivity (Wildman–Crippen MR) is 110 cm³/mol. The lowest BCUT2D eigenvalue weighted by atomic mass is 10.3. The van der Waals surface area contributed by atoms with E-state index in [4.69, 9.17) is 0 Å². The van der Waals surface area contributed by atoms with E-state index in [0.29, 0.717) is 0 Å².